The van der Waals surface area contributed by atoms with E-state index in [2.05, 4.69) is 27.6 Å². The van der Waals surface area contributed by atoms with Crippen LogP contribution in [-0.2, 0) is 16.0 Å². The van der Waals surface area contributed by atoms with Gasteiger partial charge in [0.1, 0.15) is 5.82 Å². The van der Waals surface area contributed by atoms with Crippen LogP contribution in [0.3, 0.4) is 0 Å². The Bertz CT molecular complexity index is 1370. The minimum atomic E-state index is -0.465. The summed E-state index contributed by atoms with van der Waals surface area (Å²) < 4.78 is 18.7. The third kappa shape index (κ3) is 6.85. The molecular weight excluding hydrogens is 538 g/mol. The Morgan fingerprint density at radius 3 is 2.65 bits per heavy atom. The highest BCUT2D eigenvalue weighted by atomic mass is 79.9. The van der Waals surface area contributed by atoms with Crippen molar-refractivity contribution in [3.05, 3.63) is 74.8 Å². The van der Waals surface area contributed by atoms with E-state index in [0.717, 1.165) is 16.5 Å². The Labute approximate surface area is 225 Å². The lowest BCUT2D eigenvalue weighted by atomic mass is 10.1. The van der Waals surface area contributed by atoms with E-state index in [0.29, 0.717) is 46.8 Å². The van der Waals surface area contributed by atoms with Crippen molar-refractivity contribution in [1.82, 2.24) is 9.66 Å². The van der Waals surface area contributed by atoms with Gasteiger partial charge >= 0.3 is 5.97 Å². The molecule has 1 aromatic heterocycles. The number of rotatable bonds is 12. The molecule has 3 rings (SSSR count). The van der Waals surface area contributed by atoms with Crippen molar-refractivity contribution in [2.75, 3.05) is 19.8 Å². The number of esters is 1. The number of carbonyl (C=O) groups is 1. The fourth-order valence-corrected chi connectivity index (χ4v) is 4.09. The molecule has 2 aromatic carbocycles. The summed E-state index contributed by atoms with van der Waals surface area (Å²) in [6.45, 7) is 11.9. The number of carbonyl (C=O) groups excluding carboxylic acids is 1. The molecule has 0 spiro atoms. The van der Waals surface area contributed by atoms with E-state index >= 15 is 0 Å². The van der Waals surface area contributed by atoms with Crippen molar-refractivity contribution in [2.24, 2.45) is 5.10 Å². The fourth-order valence-electron chi connectivity index (χ4n) is 3.73. The van der Waals surface area contributed by atoms with E-state index in [1.54, 1.807) is 31.3 Å². The summed E-state index contributed by atoms with van der Waals surface area (Å²) in [7, 11) is 0. The molecule has 0 aliphatic heterocycles. The van der Waals surface area contributed by atoms with E-state index < -0.39 is 5.97 Å². The molecule has 0 bridgehead atoms. The van der Waals surface area contributed by atoms with E-state index in [9.17, 15) is 9.59 Å². The van der Waals surface area contributed by atoms with Gasteiger partial charge in [-0.2, -0.15) is 9.78 Å². The molecule has 8 nitrogen and oxygen atoms in total. The average Bonchev–Trinajstić information content (AvgIpc) is 2.88. The van der Waals surface area contributed by atoms with Crippen LogP contribution in [0.25, 0.3) is 10.9 Å². The lowest BCUT2D eigenvalue weighted by molar-refractivity contribution is -0.145. The van der Waals surface area contributed by atoms with Crippen molar-refractivity contribution < 1.29 is 19.0 Å². The first-order valence-electron chi connectivity index (χ1n) is 12.3. The van der Waals surface area contributed by atoms with Gasteiger partial charge in [0.15, 0.2) is 18.1 Å². The van der Waals surface area contributed by atoms with Crippen molar-refractivity contribution in [3.8, 4) is 11.5 Å². The number of allylic oxidation sites excluding steroid dienone is 1. The van der Waals surface area contributed by atoms with Gasteiger partial charge in [-0.05, 0) is 62.6 Å². The Morgan fingerprint density at radius 1 is 1.19 bits per heavy atom. The molecule has 0 fully saturated rings. The number of benzene rings is 2. The zero-order valence-electron chi connectivity index (χ0n) is 21.6. The number of halogens is 1. The molecule has 0 saturated heterocycles. The highest BCUT2D eigenvalue weighted by molar-refractivity contribution is 9.10. The average molecular weight is 570 g/mol. The van der Waals surface area contributed by atoms with E-state index in [4.69, 9.17) is 19.2 Å². The second kappa shape index (κ2) is 13.2. The van der Waals surface area contributed by atoms with Crippen LogP contribution in [0.5, 0.6) is 11.5 Å². The molecule has 0 aliphatic rings. The van der Waals surface area contributed by atoms with Crippen LogP contribution in [0.4, 0.5) is 0 Å². The summed E-state index contributed by atoms with van der Waals surface area (Å²) in [5.41, 5.74) is 1.84. The van der Waals surface area contributed by atoms with Gasteiger partial charge in [0.05, 0.1) is 30.3 Å². The molecule has 0 aliphatic carbocycles. The topological polar surface area (TPSA) is 92.0 Å². The summed E-state index contributed by atoms with van der Waals surface area (Å²) in [4.78, 5) is 30.0. The van der Waals surface area contributed by atoms with Crippen LogP contribution in [0.1, 0.15) is 57.0 Å². The van der Waals surface area contributed by atoms with Crippen LogP contribution < -0.4 is 15.0 Å². The molecule has 1 heterocycles. The van der Waals surface area contributed by atoms with Crippen LogP contribution in [-0.4, -0.2) is 41.7 Å². The normalized spacial score (nSPS) is 12.0. The minimum absolute atomic E-state index is 0.0202. The first kappa shape index (κ1) is 28.1. The van der Waals surface area contributed by atoms with Gasteiger partial charge in [-0.1, -0.05) is 35.9 Å². The summed E-state index contributed by atoms with van der Waals surface area (Å²) >= 11 is 3.43. The number of hydrogen-bond donors (Lipinski definition) is 0. The maximum absolute atomic E-state index is 13.4. The van der Waals surface area contributed by atoms with Gasteiger partial charge in [-0.15, -0.1) is 6.58 Å². The van der Waals surface area contributed by atoms with Crippen molar-refractivity contribution in [2.45, 2.75) is 46.5 Å². The fraction of sp³-hybridized carbons (Fsp3) is 0.357. The quantitative estimate of drug-likeness (QED) is 0.159. The summed E-state index contributed by atoms with van der Waals surface area (Å²) in [6.07, 6.45) is 4.61. The van der Waals surface area contributed by atoms with Crippen LogP contribution in [0.15, 0.2) is 57.4 Å². The number of aromatic nitrogens is 2. The van der Waals surface area contributed by atoms with Crippen molar-refractivity contribution in [1.29, 1.82) is 0 Å². The van der Waals surface area contributed by atoms with Crippen LogP contribution in [0, 0.1) is 0 Å². The molecule has 196 valence electrons. The maximum atomic E-state index is 13.4. The third-order valence-electron chi connectivity index (χ3n) is 5.67. The second-order valence-electron chi connectivity index (χ2n) is 8.33. The Hall–Kier alpha value is -3.46. The summed E-state index contributed by atoms with van der Waals surface area (Å²) in [5.74, 6) is 1.05. The smallest absolute Gasteiger partial charge is 0.344 e. The first-order valence-corrected chi connectivity index (χ1v) is 13.1. The number of fused-ring (bicyclic) bond motifs is 1. The lowest BCUT2D eigenvalue weighted by Gasteiger charge is -2.16. The predicted molar refractivity (Wildman–Crippen MR) is 149 cm³/mol. The van der Waals surface area contributed by atoms with Gasteiger partial charge < -0.3 is 14.2 Å². The SMILES string of the molecule is C=CCc1cc(C=Nn2c([C@H](C)CC)nc3ccc(Br)cc3c2=O)cc(OCC)c1OCC(=O)OCC. The van der Waals surface area contributed by atoms with E-state index in [1.807, 2.05) is 39.0 Å². The Balaban J connectivity index is 2.10. The Kier molecular flexibility index (Phi) is 10.0. The zero-order chi connectivity index (χ0) is 26.9. The van der Waals surface area contributed by atoms with Gasteiger partial charge in [0, 0.05) is 16.0 Å². The molecule has 1 atom stereocenters. The molecule has 3 aromatic rings. The van der Waals surface area contributed by atoms with Crippen LogP contribution >= 0.6 is 15.9 Å². The number of hydrogen-bond acceptors (Lipinski definition) is 7. The number of nitrogens with zero attached hydrogens (tertiary/aromatic N) is 3. The Morgan fingerprint density at radius 2 is 1.97 bits per heavy atom. The molecule has 9 heteroatoms. The second-order valence-corrected chi connectivity index (χ2v) is 9.24. The standard InChI is InChI=1S/C28H32BrN3O5/c1-6-10-20-13-19(14-24(35-8-3)26(20)37-17-25(33)36-9-4)16-30-32-27(18(5)7-2)31-23-12-11-21(29)15-22(23)28(32)34/h6,11-16,18H,1,7-10,17H2,2-5H3/t18-/m1/s1. The van der Waals surface area contributed by atoms with Gasteiger partial charge in [0.25, 0.3) is 5.56 Å². The number of ether oxygens (including phenoxy) is 3. The largest absolute Gasteiger partial charge is 0.490 e. The molecule has 0 radical (unpaired) electrons. The van der Waals surface area contributed by atoms with E-state index in [1.165, 1.54) is 4.68 Å². The molecule has 0 unspecified atom stereocenters. The lowest BCUT2D eigenvalue weighted by Crippen LogP contribution is -2.23. The van der Waals surface area contributed by atoms with Crippen molar-refractivity contribution >= 4 is 39.0 Å². The van der Waals surface area contributed by atoms with Gasteiger partial charge in [-0.25, -0.2) is 9.78 Å². The predicted octanol–water partition coefficient (Wildman–Crippen LogP) is 5.62. The monoisotopic (exact) mass is 569 g/mol. The van der Waals surface area contributed by atoms with Gasteiger partial charge in [-0.3, -0.25) is 4.79 Å². The molecule has 0 amide bonds. The highest BCUT2D eigenvalue weighted by Gasteiger charge is 2.17. The minimum Gasteiger partial charge on any atom is -0.490 e. The summed E-state index contributed by atoms with van der Waals surface area (Å²) in [5, 5.41) is 5.04. The molecular formula is C28H32BrN3O5. The van der Waals surface area contributed by atoms with Crippen LogP contribution in [0.2, 0.25) is 0 Å². The van der Waals surface area contributed by atoms with Crippen molar-refractivity contribution in [3.63, 3.8) is 0 Å². The maximum Gasteiger partial charge on any atom is 0.344 e. The van der Waals surface area contributed by atoms with E-state index in [-0.39, 0.29) is 24.7 Å². The highest BCUT2D eigenvalue weighted by Crippen LogP contribution is 2.34. The van der Waals surface area contributed by atoms with Gasteiger partial charge in [0.2, 0.25) is 0 Å². The molecule has 0 N–H and O–H groups in total. The third-order valence-corrected chi connectivity index (χ3v) is 6.16. The summed E-state index contributed by atoms with van der Waals surface area (Å²) in [6, 6.07) is 9.07. The molecule has 0 saturated carbocycles. The first-order chi connectivity index (χ1) is 17.8. The molecule has 37 heavy (non-hydrogen) atoms. The zero-order valence-corrected chi connectivity index (χ0v) is 23.2.